The standard InChI is InChI=1S/C20H13F6N3O3/c21-19(22,23)15-11(2-1-7-28-15)9-32-12-5-3-10(4-6-12)13-8-14(17(27)30)18(31)29-16(13)20(24,25)26/h1-8H,9H2,(H2,27,30)(H,29,31). The third kappa shape index (κ3) is 4.90. The average Bonchev–Trinajstić information content (AvgIpc) is 2.71. The van der Waals surface area contributed by atoms with Crippen LogP contribution in [0.3, 0.4) is 0 Å². The number of H-pyrrole nitrogens is 1. The fourth-order valence-corrected chi connectivity index (χ4v) is 2.87. The Morgan fingerprint density at radius 3 is 2.25 bits per heavy atom. The zero-order valence-corrected chi connectivity index (χ0v) is 15.8. The first kappa shape index (κ1) is 22.8. The SMILES string of the molecule is NC(=O)c1cc(-c2ccc(OCc3cccnc3C(F)(F)F)cc2)c(C(F)(F)F)[nH]c1=O. The van der Waals surface area contributed by atoms with Crippen molar-refractivity contribution in [1.29, 1.82) is 0 Å². The first-order valence-corrected chi connectivity index (χ1v) is 8.76. The zero-order chi connectivity index (χ0) is 23.7. The summed E-state index contributed by atoms with van der Waals surface area (Å²) in [6.07, 6.45) is -8.63. The van der Waals surface area contributed by atoms with Gasteiger partial charge in [-0.25, -0.2) is 0 Å². The van der Waals surface area contributed by atoms with Crippen LogP contribution in [-0.4, -0.2) is 15.9 Å². The first-order chi connectivity index (χ1) is 14.9. The van der Waals surface area contributed by atoms with Crippen LogP contribution in [0.1, 0.15) is 27.3 Å². The molecule has 2 heterocycles. The number of aromatic nitrogens is 2. The Hall–Kier alpha value is -3.83. The molecule has 0 bridgehead atoms. The molecule has 0 fully saturated rings. The highest BCUT2D eigenvalue weighted by atomic mass is 19.4. The van der Waals surface area contributed by atoms with Crippen molar-refractivity contribution >= 4 is 5.91 Å². The third-order valence-electron chi connectivity index (χ3n) is 4.31. The summed E-state index contributed by atoms with van der Waals surface area (Å²) in [6, 6.07) is 8.06. The summed E-state index contributed by atoms with van der Waals surface area (Å²) in [5.41, 5.74) is -0.185. The second kappa shape index (κ2) is 8.36. The summed E-state index contributed by atoms with van der Waals surface area (Å²) in [7, 11) is 0. The first-order valence-electron chi connectivity index (χ1n) is 8.76. The van der Waals surface area contributed by atoms with Crippen molar-refractivity contribution in [3.63, 3.8) is 0 Å². The fourth-order valence-electron chi connectivity index (χ4n) is 2.87. The number of nitrogens with one attached hydrogen (secondary N) is 1. The van der Waals surface area contributed by atoms with Gasteiger partial charge in [-0.15, -0.1) is 0 Å². The van der Waals surface area contributed by atoms with E-state index >= 15 is 0 Å². The van der Waals surface area contributed by atoms with Gasteiger partial charge in [0.1, 0.15) is 23.6 Å². The van der Waals surface area contributed by atoms with Crippen molar-refractivity contribution in [3.8, 4) is 16.9 Å². The normalized spacial score (nSPS) is 11.9. The highest BCUT2D eigenvalue weighted by molar-refractivity contribution is 5.94. The summed E-state index contributed by atoms with van der Waals surface area (Å²) in [5, 5.41) is 0. The molecule has 0 spiro atoms. The van der Waals surface area contributed by atoms with Crippen molar-refractivity contribution in [2.45, 2.75) is 19.0 Å². The van der Waals surface area contributed by atoms with Gasteiger partial charge in [0.25, 0.3) is 11.5 Å². The molecule has 32 heavy (non-hydrogen) atoms. The number of nitrogens with zero attached hydrogens (tertiary/aromatic N) is 1. The molecule has 6 nitrogen and oxygen atoms in total. The van der Waals surface area contributed by atoms with Gasteiger partial charge in [0.2, 0.25) is 0 Å². The van der Waals surface area contributed by atoms with Crippen molar-refractivity contribution in [1.82, 2.24) is 9.97 Å². The van der Waals surface area contributed by atoms with Crippen molar-refractivity contribution in [2.24, 2.45) is 5.73 Å². The molecule has 3 N–H and O–H groups in total. The third-order valence-corrected chi connectivity index (χ3v) is 4.31. The molecule has 0 unspecified atom stereocenters. The van der Waals surface area contributed by atoms with Crippen LogP contribution in [0.25, 0.3) is 11.1 Å². The van der Waals surface area contributed by atoms with Crippen LogP contribution in [0.15, 0.2) is 53.5 Å². The number of hydrogen-bond donors (Lipinski definition) is 2. The molecule has 1 amide bonds. The number of carbonyl (C=O) groups is 1. The van der Waals surface area contributed by atoms with E-state index in [1.165, 1.54) is 36.4 Å². The van der Waals surface area contributed by atoms with Gasteiger partial charge in [0.15, 0.2) is 5.69 Å². The van der Waals surface area contributed by atoms with Crippen LogP contribution >= 0.6 is 0 Å². The maximum atomic E-state index is 13.4. The molecule has 1 aromatic carbocycles. The summed E-state index contributed by atoms with van der Waals surface area (Å²) >= 11 is 0. The van der Waals surface area contributed by atoms with Crippen LogP contribution in [-0.2, 0) is 19.0 Å². The van der Waals surface area contributed by atoms with Gasteiger partial charge in [0.05, 0.1) is 0 Å². The molecule has 0 aliphatic heterocycles. The highest BCUT2D eigenvalue weighted by Crippen LogP contribution is 2.36. The van der Waals surface area contributed by atoms with Gasteiger partial charge in [-0.05, 0) is 29.8 Å². The van der Waals surface area contributed by atoms with E-state index in [-0.39, 0.29) is 16.9 Å². The Labute approximate surface area is 175 Å². The van der Waals surface area contributed by atoms with Crippen LogP contribution in [0.4, 0.5) is 26.3 Å². The molecule has 0 saturated heterocycles. The van der Waals surface area contributed by atoms with Crippen LogP contribution in [0, 0.1) is 0 Å². The number of nitrogens with two attached hydrogens (primary N) is 1. The molecule has 3 rings (SSSR count). The minimum atomic E-state index is -4.94. The van der Waals surface area contributed by atoms with Crippen molar-refractivity contribution in [3.05, 3.63) is 81.5 Å². The number of hydrogen-bond acceptors (Lipinski definition) is 4. The van der Waals surface area contributed by atoms with Crippen LogP contribution < -0.4 is 16.0 Å². The second-order valence-corrected chi connectivity index (χ2v) is 6.48. The molecule has 168 valence electrons. The molecule has 3 aromatic rings. The minimum absolute atomic E-state index is 0.0409. The van der Waals surface area contributed by atoms with Gasteiger partial charge >= 0.3 is 12.4 Å². The number of benzene rings is 1. The second-order valence-electron chi connectivity index (χ2n) is 6.48. The number of carbonyl (C=O) groups excluding carboxylic acids is 1. The number of ether oxygens (including phenoxy) is 1. The maximum absolute atomic E-state index is 13.4. The minimum Gasteiger partial charge on any atom is -0.489 e. The molecule has 0 aliphatic rings. The van der Waals surface area contributed by atoms with E-state index in [0.29, 0.717) is 0 Å². The number of pyridine rings is 2. The van der Waals surface area contributed by atoms with E-state index in [4.69, 9.17) is 10.5 Å². The molecule has 0 atom stereocenters. The lowest BCUT2D eigenvalue weighted by atomic mass is 10.0. The average molecular weight is 457 g/mol. The van der Waals surface area contributed by atoms with E-state index in [2.05, 4.69) is 4.98 Å². The van der Waals surface area contributed by atoms with E-state index in [1.807, 2.05) is 0 Å². The molecule has 12 heteroatoms. The van der Waals surface area contributed by atoms with Gasteiger partial charge in [-0.1, -0.05) is 18.2 Å². The zero-order valence-electron chi connectivity index (χ0n) is 15.8. The quantitative estimate of drug-likeness (QED) is 0.563. The predicted molar refractivity (Wildman–Crippen MR) is 99.6 cm³/mol. The topological polar surface area (TPSA) is 98.1 Å². The molecule has 2 aromatic heterocycles. The van der Waals surface area contributed by atoms with Gasteiger partial charge < -0.3 is 15.5 Å². The van der Waals surface area contributed by atoms with Crippen LogP contribution in [0.5, 0.6) is 5.75 Å². The predicted octanol–water partition coefficient (Wildman–Crippen LogP) is 4.15. The molecular formula is C20H13F6N3O3. The van der Waals surface area contributed by atoms with Gasteiger partial charge in [-0.2, -0.15) is 26.3 Å². The van der Waals surface area contributed by atoms with Crippen LogP contribution in [0.2, 0.25) is 0 Å². The number of amides is 1. The maximum Gasteiger partial charge on any atom is 0.433 e. The Bertz CT molecular complexity index is 1200. The van der Waals surface area contributed by atoms with Gasteiger partial charge in [-0.3, -0.25) is 14.6 Å². The van der Waals surface area contributed by atoms with E-state index < -0.39 is 52.9 Å². The summed E-state index contributed by atoms with van der Waals surface area (Å²) in [5.74, 6) is -1.14. The lowest BCUT2D eigenvalue weighted by Crippen LogP contribution is -2.27. The summed E-state index contributed by atoms with van der Waals surface area (Å²) in [6.45, 7) is -0.486. The number of halogens is 6. The van der Waals surface area contributed by atoms with E-state index in [9.17, 15) is 35.9 Å². The number of alkyl halides is 6. The number of aromatic amines is 1. The Balaban J connectivity index is 1.91. The van der Waals surface area contributed by atoms with Crippen molar-refractivity contribution < 1.29 is 35.9 Å². The largest absolute Gasteiger partial charge is 0.489 e. The highest BCUT2D eigenvalue weighted by Gasteiger charge is 2.36. The van der Waals surface area contributed by atoms with Gasteiger partial charge in [0, 0.05) is 17.3 Å². The molecular weight excluding hydrogens is 444 g/mol. The Morgan fingerprint density at radius 2 is 1.69 bits per heavy atom. The van der Waals surface area contributed by atoms with E-state index in [1.54, 1.807) is 4.98 Å². The smallest absolute Gasteiger partial charge is 0.433 e. The lowest BCUT2D eigenvalue weighted by Gasteiger charge is -2.15. The molecule has 0 aliphatic carbocycles. The summed E-state index contributed by atoms with van der Waals surface area (Å²) < 4.78 is 84.4. The molecule has 0 radical (unpaired) electrons. The van der Waals surface area contributed by atoms with Crippen molar-refractivity contribution in [2.75, 3.05) is 0 Å². The Morgan fingerprint density at radius 1 is 1.03 bits per heavy atom. The monoisotopic (exact) mass is 457 g/mol. The fraction of sp³-hybridized carbons (Fsp3) is 0.150. The summed E-state index contributed by atoms with van der Waals surface area (Å²) in [4.78, 5) is 28.0. The lowest BCUT2D eigenvalue weighted by molar-refractivity contribution is -0.142. The number of rotatable bonds is 5. The molecule has 0 saturated carbocycles. The van der Waals surface area contributed by atoms with E-state index in [0.717, 1.165) is 12.3 Å². The number of primary amides is 1. The Kier molecular flexibility index (Phi) is 5.97.